The number of carbonyl (C=O) groups is 1. The summed E-state index contributed by atoms with van der Waals surface area (Å²) in [4.78, 5) is 16.4. The largest absolute Gasteiger partial charge is 0.504 e. The van der Waals surface area contributed by atoms with E-state index >= 15 is 0 Å². The normalized spacial score (nSPS) is 16.8. The topological polar surface area (TPSA) is 64.0 Å². The highest BCUT2D eigenvalue weighted by molar-refractivity contribution is 6.04. The van der Waals surface area contributed by atoms with Crippen molar-refractivity contribution in [2.24, 2.45) is 0 Å². The first-order chi connectivity index (χ1) is 9.60. The van der Waals surface area contributed by atoms with Crippen molar-refractivity contribution in [3.05, 3.63) is 36.0 Å². The molecule has 2 N–H and O–H groups in total. The van der Waals surface area contributed by atoms with Crippen molar-refractivity contribution in [1.29, 1.82) is 0 Å². The van der Waals surface area contributed by atoms with Gasteiger partial charge in [-0.3, -0.25) is 4.79 Å². The highest BCUT2D eigenvalue weighted by Crippen LogP contribution is 2.25. The van der Waals surface area contributed by atoms with E-state index in [0.717, 1.165) is 32.7 Å². The van der Waals surface area contributed by atoms with Crippen molar-refractivity contribution in [3.63, 3.8) is 0 Å². The van der Waals surface area contributed by atoms with Crippen molar-refractivity contribution in [1.82, 2.24) is 9.80 Å². The summed E-state index contributed by atoms with van der Waals surface area (Å²) < 4.78 is 0. The first kappa shape index (κ1) is 14.4. The first-order valence-corrected chi connectivity index (χ1v) is 6.81. The number of benzene rings is 1. The zero-order valence-electron chi connectivity index (χ0n) is 11.6. The summed E-state index contributed by atoms with van der Waals surface area (Å²) in [6, 6.07) is 4.09. The van der Waals surface area contributed by atoms with Gasteiger partial charge in [-0.2, -0.15) is 0 Å². The van der Waals surface area contributed by atoms with Gasteiger partial charge in [0.05, 0.1) is 0 Å². The average molecular weight is 276 g/mol. The van der Waals surface area contributed by atoms with Gasteiger partial charge in [-0.05, 0) is 24.7 Å². The number of likely N-dealkylation sites (N-methyl/N-ethyl adjacent to an activating group) is 1. The number of piperazine rings is 1. The van der Waals surface area contributed by atoms with E-state index in [-0.39, 0.29) is 17.3 Å². The molecular weight excluding hydrogens is 256 g/mol. The SMILES string of the molecule is CCN1CCN(C=CC(=O)c2ccc(O)c(O)c2)CC1. The average Bonchev–Trinajstić information content (AvgIpc) is 2.48. The number of ketones is 1. The van der Waals surface area contributed by atoms with Crippen LogP contribution in [0.2, 0.25) is 0 Å². The molecule has 1 saturated heterocycles. The molecule has 5 heteroatoms. The second-order valence-corrected chi connectivity index (χ2v) is 4.85. The fraction of sp³-hybridized carbons (Fsp3) is 0.400. The Kier molecular flexibility index (Phi) is 4.63. The Bertz CT molecular complexity index is 506. The lowest BCUT2D eigenvalue weighted by atomic mass is 10.1. The number of phenols is 2. The van der Waals surface area contributed by atoms with Crippen molar-refractivity contribution in [2.75, 3.05) is 32.7 Å². The summed E-state index contributed by atoms with van der Waals surface area (Å²) in [5.41, 5.74) is 0.365. The quantitative estimate of drug-likeness (QED) is 0.495. The van der Waals surface area contributed by atoms with Crippen LogP contribution in [-0.2, 0) is 0 Å². The molecule has 0 saturated carbocycles. The van der Waals surface area contributed by atoms with Gasteiger partial charge >= 0.3 is 0 Å². The van der Waals surface area contributed by atoms with Crippen LogP contribution in [0.3, 0.4) is 0 Å². The van der Waals surface area contributed by atoms with Crippen LogP contribution in [0.25, 0.3) is 0 Å². The summed E-state index contributed by atoms with van der Waals surface area (Å²) >= 11 is 0. The number of hydrogen-bond donors (Lipinski definition) is 2. The molecule has 0 radical (unpaired) electrons. The fourth-order valence-electron chi connectivity index (χ4n) is 2.17. The van der Waals surface area contributed by atoms with Gasteiger partial charge in [-0.25, -0.2) is 0 Å². The second-order valence-electron chi connectivity index (χ2n) is 4.85. The van der Waals surface area contributed by atoms with E-state index in [1.807, 2.05) is 0 Å². The Balaban J connectivity index is 1.94. The van der Waals surface area contributed by atoms with Crippen LogP contribution in [0.5, 0.6) is 11.5 Å². The lowest BCUT2D eigenvalue weighted by Crippen LogP contribution is -2.43. The number of carbonyl (C=O) groups excluding carboxylic acids is 1. The van der Waals surface area contributed by atoms with Crippen LogP contribution in [0.4, 0.5) is 0 Å². The van der Waals surface area contributed by atoms with Gasteiger partial charge in [0, 0.05) is 44.0 Å². The number of hydrogen-bond acceptors (Lipinski definition) is 5. The molecule has 1 aromatic carbocycles. The zero-order valence-corrected chi connectivity index (χ0v) is 11.6. The third-order valence-corrected chi connectivity index (χ3v) is 3.55. The summed E-state index contributed by atoms with van der Waals surface area (Å²) in [6.45, 7) is 7.05. The number of phenolic OH excluding ortho intramolecular Hbond substituents is 2. The van der Waals surface area contributed by atoms with Gasteiger partial charge in [0.25, 0.3) is 0 Å². The molecule has 1 fully saturated rings. The first-order valence-electron chi connectivity index (χ1n) is 6.81. The van der Waals surface area contributed by atoms with Crippen molar-refractivity contribution in [2.45, 2.75) is 6.92 Å². The van der Waals surface area contributed by atoms with Crippen LogP contribution >= 0.6 is 0 Å². The summed E-state index contributed by atoms with van der Waals surface area (Å²) in [5, 5.41) is 18.6. The van der Waals surface area contributed by atoms with Gasteiger partial charge in [0.15, 0.2) is 17.3 Å². The molecular formula is C15H20N2O3. The molecule has 0 spiro atoms. The molecule has 1 aromatic rings. The Morgan fingerprint density at radius 2 is 1.90 bits per heavy atom. The fourth-order valence-corrected chi connectivity index (χ4v) is 2.17. The summed E-state index contributed by atoms with van der Waals surface area (Å²) in [7, 11) is 0. The third-order valence-electron chi connectivity index (χ3n) is 3.55. The maximum Gasteiger partial charge on any atom is 0.187 e. The van der Waals surface area contributed by atoms with E-state index in [9.17, 15) is 15.0 Å². The van der Waals surface area contributed by atoms with E-state index < -0.39 is 0 Å². The lowest BCUT2D eigenvalue weighted by Gasteiger charge is -2.33. The number of allylic oxidation sites excluding steroid dienone is 1. The van der Waals surface area contributed by atoms with Crippen molar-refractivity contribution < 1.29 is 15.0 Å². The number of rotatable bonds is 4. The smallest absolute Gasteiger partial charge is 0.187 e. The van der Waals surface area contributed by atoms with Gasteiger partial charge in [0.1, 0.15) is 0 Å². The Morgan fingerprint density at radius 1 is 1.20 bits per heavy atom. The number of nitrogens with zero attached hydrogens (tertiary/aromatic N) is 2. The summed E-state index contributed by atoms with van der Waals surface area (Å²) in [6.07, 6.45) is 3.31. The van der Waals surface area contributed by atoms with E-state index in [0.29, 0.717) is 5.56 Å². The van der Waals surface area contributed by atoms with Gasteiger partial charge in [-0.15, -0.1) is 0 Å². The Morgan fingerprint density at radius 3 is 2.50 bits per heavy atom. The standard InChI is InChI=1S/C15H20N2O3/c1-2-16-7-9-17(10-8-16)6-5-13(18)12-3-4-14(19)15(20)11-12/h3-6,11,19-20H,2,7-10H2,1H3. The molecule has 2 rings (SSSR count). The molecule has 0 unspecified atom stereocenters. The van der Waals surface area contributed by atoms with Crippen molar-refractivity contribution in [3.8, 4) is 11.5 Å². The van der Waals surface area contributed by atoms with E-state index in [2.05, 4.69) is 16.7 Å². The lowest BCUT2D eigenvalue weighted by molar-refractivity contribution is 0.104. The van der Waals surface area contributed by atoms with Crippen LogP contribution in [-0.4, -0.2) is 58.5 Å². The maximum absolute atomic E-state index is 12.0. The van der Waals surface area contributed by atoms with Crippen LogP contribution in [0.15, 0.2) is 30.5 Å². The molecule has 0 aromatic heterocycles. The summed E-state index contributed by atoms with van der Waals surface area (Å²) in [5.74, 6) is -0.680. The highest BCUT2D eigenvalue weighted by Gasteiger charge is 2.13. The Labute approximate surface area is 118 Å². The van der Waals surface area contributed by atoms with Crippen LogP contribution in [0.1, 0.15) is 17.3 Å². The molecule has 0 atom stereocenters. The molecule has 0 bridgehead atoms. The minimum absolute atomic E-state index is 0.182. The van der Waals surface area contributed by atoms with Gasteiger partial charge in [0.2, 0.25) is 0 Å². The molecule has 5 nitrogen and oxygen atoms in total. The minimum atomic E-state index is -0.277. The maximum atomic E-state index is 12.0. The zero-order chi connectivity index (χ0) is 14.5. The highest BCUT2D eigenvalue weighted by atomic mass is 16.3. The molecule has 1 heterocycles. The molecule has 20 heavy (non-hydrogen) atoms. The predicted molar refractivity (Wildman–Crippen MR) is 76.9 cm³/mol. The molecule has 108 valence electrons. The molecule has 1 aliphatic heterocycles. The van der Waals surface area contributed by atoms with Crippen LogP contribution < -0.4 is 0 Å². The van der Waals surface area contributed by atoms with Gasteiger partial charge in [-0.1, -0.05) is 6.92 Å². The van der Waals surface area contributed by atoms with E-state index in [4.69, 9.17) is 0 Å². The van der Waals surface area contributed by atoms with E-state index in [1.54, 1.807) is 6.20 Å². The predicted octanol–water partition coefficient (Wildman–Crippen LogP) is 1.43. The second kappa shape index (κ2) is 6.43. The van der Waals surface area contributed by atoms with Crippen molar-refractivity contribution >= 4 is 5.78 Å². The van der Waals surface area contributed by atoms with Crippen LogP contribution in [0, 0.1) is 0 Å². The Hall–Kier alpha value is -2.01. The molecule has 1 aliphatic rings. The number of aromatic hydroxyl groups is 2. The minimum Gasteiger partial charge on any atom is -0.504 e. The molecule has 0 aliphatic carbocycles. The van der Waals surface area contributed by atoms with E-state index in [1.165, 1.54) is 24.3 Å². The monoisotopic (exact) mass is 276 g/mol. The molecule has 0 amide bonds. The van der Waals surface area contributed by atoms with Gasteiger partial charge < -0.3 is 20.0 Å². The third kappa shape index (κ3) is 3.51.